The molecular formula is C18H19ClO3. The molecule has 0 aliphatic heterocycles. The molecular weight excluding hydrogens is 300 g/mol. The maximum absolute atomic E-state index is 9.35. The molecule has 2 aromatic rings. The monoisotopic (exact) mass is 318 g/mol. The van der Waals surface area contributed by atoms with Crippen LogP contribution >= 0.6 is 11.6 Å². The van der Waals surface area contributed by atoms with Gasteiger partial charge in [-0.1, -0.05) is 35.9 Å². The molecule has 0 bridgehead atoms. The fourth-order valence-corrected chi connectivity index (χ4v) is 2.39. The van der Waals surface area contributed by atoms with Crippen molar-refractivity contribution in [3.63, 3.8) is 0 Å². The van der Waals surface area contributed by atoms with Gasteiger partial charge in [0, 0.05) is 16.1 Å². The Bertz CT molecular complexity index is 653. The summed E-state index contributed by atoms with van der Waals surface area (Å²) in [5, 5.41) is 10.0. The smallest absolute Gasteiger partial charge is 0.165 e. The molecule has 3 nitrogen and oxygen atoms in total. The van der Waals surface area contributed by atoms with E-state index in [0.717, 1.165) is 16.7 Å². The van der Waals surface area contributed by atoms with E-state index in [1.807, 2.05) is 30.3 Å². The average molecular weight is 319 g/mol. The van der Waals surface area contributed by atoms with E-state index in [-0.39, 0.29) is 6.61 Å². The van der Waals surface area contributed by atoms with Crippen LogP contribution in [0.2, 0.25) is 5.02 Å². The minimum absolute atomic E-state index is 0.0503. The topological polar surface area (TPSA) is 38.7 Å². The third-order valence-electron chi connectivity index (χ3n) is 3.29. The molecule has 0 radical (unpaired) electrons. The number of halogens is 1. The van der Waals surface area contributed by atoms with Crippen LogP contribution in [0.4, 0.5) is 0 Å². The number of ether oxygens (including phenoxy) is 2. The van der Waals surface area contributed by atoms with Gasteiger partial charge in [-0.15, -0.1) is 6.58 Å². The first-order valence-corrected chi connectivity index (χ1v) is 7.35. The lowest BCUT2D eigenvalue weighted by Crippen LogP contribution is -2.03. The van der Waals surface area contributed by atoms with E-state index in [0.29, 0.717) is 29.5 Å². The van der Waals surface area contributed by atoms with Crippen molar-refractivity contribution in [3.05, 3.63) is 70.8 Å². The Hall–Kier alpha value is -1.97. The van der Waals surface area contributed by atoms with Gasteiger partial charge in [-0.3, -0.25) is 0 Å². The molecule has 0 fully saturated rings. The summed E-state index contributed by atoms with van der Waals surface area (Å²) in [5.74, 6) is 1.25. The third kappa shape index (κ3) is 3.81. The molecule has 22 heavy (non-hydrogen) atoms. The first-order valence-electron chi connectivity index (χ1n) is 6.97. The summed E-state index contributed by atoms with van der Waals surface area (Å²) < 4.78 is 11.3. The molecule has 0 aliphatic carbocycles. The summed E-state index contributed by atoms with van der Waals surface area (Å²) in [6, 6.07) is 11.2. The summed E-state index contributed by atoms with van der Waals surface area (Å²) >= 11 is 6.15. The normalized spacial score (nSPS) is 10.3. The highest BCUT2D eigenvalue weighted by atomic mass is 35.5. The zero-order chi connectivity index (χ0) is 15.9. The Morgan fingerprint density at radius 3 is 2.64 bits per heavy atom. The second-order valence-electron chi connectivity index (χ2n) is 4.82. The second kappa shape index (κ2) is 7.87. The van der Waals surface area contributed by atoms with E-state index in [2.05, 4.69) is 6.58 Å². The van der Waals surface area contributed by atoms with Crippen LogP contribution in [-0.4, -0.2) is 12.2 Å². The molecule has 2 aromatic carbocycles. The van der Waals surface area contributed by atoms with Crippen molar-refractivity contribution in [1.29, 1.82) is 0 Å². The van der Waals surface area contributed by atoms with Crippen molar-refractivity contribution in [2.45, 2.75) is 19.6 Å². The van der Waals surface area contributed by atoms with E-state index in [4.69, 9.17) is 21.1 Å². The predicted molar refractivity (Wildman–Crippen MR) is 88.6 cm³/mol. The highest BCUT2D eigenvalue weighted by Crippen LogP contribution is 2.34. The van der Waals surface area contributed by atoms with E-state index in [1.165, 1.54) is 0 Å². The molecule has 4 heteroatoms. The Morgan fingerprint density at radius 1 is 1.23 bits per heavy atom. The second-order valence-corrected chi connectivity index (χ2v) is 5.22. The van der Waals surface area contributed by atoms with E-state index >= 15 is 0 Å². The van der Waals surface area contributed by atoms with Gasteiger partial charge < -0.3 is 14.6 Å². The van der Waals surface area contributed by atoms with E-state index < -0.39 is 0 Å². The lowest BCUT2D eigenvalue weighted by atomic mass is 10.1. The van der Waals surface area contributed by atoms with E-state index in [1.54, 1.807) is 19.3 Å². The van der Waals surface area contributed by atoms with Crippen molar-refractivity contribution < 1.29 is 14.6 Å². The molecule has 0 spiro atoms. The number of hydrogen-bond donors (Lipinski definition) is 1. The van der Waals surface area contributed by atoms with Crippen molar-refractivity contribution in [2.24, 2.45) is 0 Å². The van der Waals surface area contributed by atoms with Crippen LogP contribution in [0, 0.1) is 0 Å². The van der Waals surface area contributed by atoms with Crippen molar-refractivity contribution in [2.75, 3.05) is 7.11 Å². The summed E-state index contributed by atoms with van der Waals surface area (Å²) in [6.07, 6.45) is 2.42. The predicted octanol–water partition coefficient (Wildman–Crippen LogP) is 4.15. The van der Waals surface area contributed by atoms with Gasteiger partial charge in [0.2, 0.25) is 0 Å². The van der Waals surface area contributed by atoms with Gasteiger partial charge in [0.15, 0.2) is 11.5 Å². The minimum Gasteiger partial charge on any atom is -0.493 e. The Balaban J connectivity index is 2.32. The van der Waals surface area contributed by atoms with Crippen LogP contribution in [0.1, 0.15) is 16.7 Å². The summed E-state index contributed by atoms with van der Waals surface area (Å²) in [4.78, 5) is 0. The fraction of sp³-hybridized carbons (Fsp3) is 0.222. The fourth-order valence-electron chi connectivity index (χ4n) is 2.20. The Morgan fingerprint density at radius 2 is 2.00 bits per heavy atom. The van der Waals surface area contributed by atoms with Crippen LogP contribution in [0.3, 0.4) is 0 Å². The molecule has 0 unspecified atom stereocenters. The highest BCUT2D eigenvalue weighted by Gasteiger charge is 2.13. The molecule has 116 valence electrons. The maximum atomic E-state index is 9.35. The molecule has 2 rings (SSSR count). The number of aliphatic hydroxyl groups excluding tert-OH is 1. The molecule has 1 N–H and O–H groups in total. The Kier molecular flexibility index (Phi) is 5.87. The quantitative estimate of drug-likeness (QED) is 0.779. The molecule has 0 aliphatic rings. The van der Waals surface area contributed by atoms with Gasteiger partial charge in [-0.2, -0.15) is 0 Å². The number of hydrogen-bond acceptors (Lipinski definition) is 3. The SMILES string of the molecule is C=CCc1cc(CO)cc(OC)c1OCc1ccccc1Cl. The third-order valence-corrected chi connectivity index (χ3v) is 3.66. The first-order chi connectivity index (χ1) is 10.7. The van der Waals surface area contributed by atoms with Gasteiger partial charge in [-0.05, 0) is 30.2 Å². The molecule has 0 heterocycles. The largest absolute Gasteiger partial charge is 0.493 e. The van der Waals surface area contributed by atoms with Gasteiger partial charge in [-0.25, -0.2) is 0 Å². The van der Waals surface area contributed by atoms with Gasteiger partial charge in [0.25, 0.3) is 0 Å². The molecule has 0 aromatic heterocycles. The first kappa shape index (κ1) is 16.4. The molecule has 0 atom stereocenters. The zero-order valence-electron chi connectivity index (χ0n) is 12.5. The lowest BCUT2D eigenvalue weighted by Gasteiger charge is -2.16. The van der Waals surface area contributed by atoms with Crippen LogP contribution < -0.4 is 9.47 Å². The van der Waals surface area contributed by atoms with Gasteiger partial charge >= 0.3 is 0 Å². The minimum atomic E-state index is -0.0503. The summed E-state index contributed by atoms with van der Waals surface area (Å²) in [5.41, 5.74) is 2.60. The van der Waals surface area contributed by atoms with Crippen molar-refractivity contribution in [3.8, 4) is 11.5 Å². The van der Waals surface area contributed by atoms with Crippen LogP contribution in [0.5, 0.6) is 11.5 Å². The maximum Gasteiger partial charge on any atom is 0.165 e. The summed E-state index contributed by atoms with van der Waals surface area (Å²) in [7, 11) is 1.58. The molecule has 0 saturated carbocycles. The number of aliphatic hydroxyl groups is 1. The summed E-state index contributed by atoms with van der Waals surface area (Å²) in [6.45, 7) is 4.06. The lowest BCUT2D eigenvalue weighted by molar-refractivity contribution is 0.272. The van der Waals surface area contributed by atoms with Crippen molar-refractivity contribution >= 4 is 11.6 Å². The highest BCUT2D eigenvalue weighted by molar-refractivity contribution is 6.31. The van der Waals surface area contributed by atoms with Crippen molar-refractivity contribution in [1.82, 2.24) is 0 Å². The molecule has 0 amide bonds. The van der Waals surface area contributed by atoms with Crippen LogP contribution in [-0.2, 0) is 19.6 Å². The van der Waals surface area contributed by atoms with E-state index in [9.17, 15) is 5.11 Å². The van der Waals surface area contributed by atoms with Gasteiger partial charge in [0.05, 0.1) is 13.7 Å². The number of benzene rings is 2. The van der Waals surface area contributed by atoms with Crippen LogP contribution in [0.25, 0.3) is 0 Å². The number of rotatable bonds is 7. The average Bonchev–Trinajstić information content (AvgIpc) is 2.54. The standard InChI is InChI=1S/C18H19ClO3/c1-3-6-14-9-13(11-20)10-17(21-2)18(14)22-12-15-7-4-5-8-16(15)19/h3-5,7-10,20H,1,6,11-12H2,2H3. The number of allylic oxidation sites excluding steroid dienone is 1. The molecule has 0 saturated heterocycles. The zero-order valence-corrected chi connectivity index (χ0v) is 13.3. The number of methoxy groups -OCH3 is 1. The van der Waals surface area contributed by atoms with Gasteiger partial charge in [0.1, 0.15) is 6.61 Å². The Labute approximate surface area is 135 Å². The van der Waals surface area contributed by atoms with Crippen LogP contribution in [0.15, 0.2) is 49.1 Å².